The molecule has 90 valence electrons. The van der Waals surface area contributed by atoms with Crippen LogP contribution in [0, 0.1) is 0 Å². The molecular weight excluding hydrogens is 206 g/mol. The van der Waals surface area contributed by atoms with E-state index in [1.165, 1.54) is 6.20 Å². The lowest BCUT2D eigenvalue weighted by Crippen LogP contribution is -2.28. The number of nitrogens with one attached hydrogen (secondary N) is 1. The van der Waals surface area contributed by atoms with Crippen molar-refractivity contribution in [3.05, 3.63) is 12.4 Å². The second-order valence-corrected chi connectivity index (χ2v) is 3.55. The molecule has 0 amide bonds. The molecule has 0 aromatic carbocycles. The zero-order valence-electron chi connectivity index (χ0n) is 9.81. The Morgan fingerprint density at radius 2 is 2.25 bits per heavy atom. The van der Waals surface area contributed by atoms with Gasteiger partial charge in [-0.15, -0.1) is 0 Å². The summed E-state index contributed by atoms with van der Waals surface area (Å²) < 4.78 is 4.99. The molecule has 0 saturated carbocycles. The molecule has 0 aliphatic heterocycles. The first-order valence-electron chi connectivity index (χ1n) is 5.21. The van der Waals surface area contributed by atoms with Gasteiger partial charge in [-0.25, -0.2) is 4.98 Å². The lowest BCUT2D eigenvalue weighted by Gasteiger charge is -2.16. The second-order valence-electron chi connectivity index (χ2n) is 3.55. The summed E-state index contributed by atoms with van der Waals surface area (Å²) in [5, 5.41) is 3.16. The average Bonchev–Trinajstić information content (AvgIpc) is 2.26. The molecule has 1 rings (SSSR count). The molecule has 1 aromatic heterocycles. The Balaban J connectivity index is 2.20. The maximum absolute atomic E-state index is 5.52. The number of anilines is 2. The van der Waals surface area contributed by atoms with Gasteiger partial charge in [0.15, 0.2) is 0 Å². The largest absolute Gasteiger partial charge is 0.383 e. The number of nitrogen functional groups attached to an aromatic ring is 1. The molecule has 0 radical (unpaired) electrons. The first-order chi connectivity index (χ1) is 7.72. The highest BCUT2D eigenvalue weighted by Gasteiger charge is 1.98. The summed E-state index contributed by atoms with van der Waals surface area (Å²) in [6.45, 7) is 3.38. The Morgan fingerprint density at radius 3 is 2.94 bits per heavy atom. The summed E-state index contributed by atoms with van der Waals surface area (Å²) in [4.78, 5) is 10.2. The molecule has 6 nitrogen and oxygen atoms in total. The van der Waals surface area contributed by atoms with E-state index in [9.17, 15) is 0 Å². The molecule has 0 unspecified atom stereocenters. The molecule has 0 fully saturated rings. The number of methoxy groups -OCH3 is 1. The van der Waals surface area contributed by atoms with Gasteiger partial charge < -0.3 is 20.7 Å². The van der Waals surface area contributed by atoms with E-state index in [0.29, 0.717) is 11.6 Å². The zero-order valence-corrected chi connectivity index (χ0v) is 9.81. The van der Waals surface area contributed by atoms with Gasteiger partial charge in [-0.2, -0.15) is 0 Å². The lowest BCUT2D eigenvalue weighted by atomic mass is 10.5. The number of hydrogen-bond acceptors (Lipinski definition) is 6. The Kier molecular flexibility index (Phi) is 5.52. The normalized spacial score (nSPS) is 10.7. The second kappa shape index (κ2) is 6.97. The van der Waals surface area contributed by atoms with E-state index in [1.807, 2.05) is 7.05 Å². The Hall–Kier alpha value is -1.40. The number of ether oxygens (including phenoxy) is 1. The van der Waals surface area contributed by atoms with Crippen LogP contribution in [0.25, 0.3) is 0 Å². The highest BCUT2D eigenvalue weighted by molar-refractivity contribution is 5.38. The van der Waals surface area contributed by atoms with Gasteiger partial charge in [-0.05, 0) is 7.05 Å². The summed E-state index contributed by atoms with van der Waals surface area (Å²) in [5.74, 6) is 1.14. The molecule has 6 heteroatoms. The van der Waals surface area contributed by atoms with E-state index in [2.05, 4.69) is 20.2 Å². The molecular formula is C10H19N5O. The maximum Gasteiger partial charge on any atom is 0.146 e. The summed E-state index contributed by atoms with van der Waals surface area (Å²) in [6.07, 6.45) is 3.18. The minimum Gasteiger partial charge on any atom is -0.383 e. The third-order valence-electron chi connectivity index (χ3n) is 2.13. The molecule has 0 bridgehead atoms. The predicted molar refractivity (Wildman–Crippen MR) is 64.3 cm³/mol. The average molecular weight is 225 g/mol. The third-order valence-corrected chi connectivity index (χ3v) is 2.13. The van der Waals surface area contributed by atoms with E-state index in [0.717, 1.165) is 26.2 Å². The zero-order chi connectivity index (χ0) is 11.8. The van der Waals surface area contributed by atoms with Crippen LogP contribution < -0.4 is 11.1 Å². The van der Waals surface area contributed by atoms with E-state index < -0.39 is 0 Å². The fourth-order valence-electron chi connectivity index (χ4n) is 1.20. The minimum absolute atomic E-state index is 0.428. The Labute approximate surface area is 95.8 Å². The van der Waals surface area contributed by atoms with Crippen molar-refractivity contribution in [1.29, 1.82) is 0 Å². The Morgan fingerprint density at radius 1 is 1.44 bits per heavy atom. The van der Waals surface area contributed by atoms with Gasteiger partial charge >= 0.3 is 0 Å². The van der Waals surface area contributed by atoms with Gasteiger partial charge in [0.05, 0.1) is 19.0 Å². The molecule has 0 spiro atoms. The number of nitrogens with two attached hydrogens (primary N) is 1. The number of aromatic nitrogens is 2. The number of nitrogens with zero attached hydrogens (tertiary/aromatic N) is 3. The summed E-state index contributed by atoms with van der Waals surface area (Å²) in [7, 11) is 3.75. The number of hydrogen-bond donors (Lipinski definition) is 2. The molecule has 1 heterocycles. The summed E-state index contributed by atoms with van der Waals surface area (Å²) in [6, 6.07) is 0. The van der Waals surface area contributed by atoms with Crippen LogP contribution in [0.3, 0.4) is 0 Å². The van der Waals surface area contributed by atoms with Crippen LogP contribution in [-0.4, -0.2) is 55.3 Å². The summed E-state index contributed by atoms with van der Waals surface area (Å²) >= 11 is 0. The van der Waals surface area contributed by atoms with Crippen LogP contribution in [0.1, 0.15) is 0 Å². The molecule has 0 aliphatic carbocycles. The van der Waals surface area contributed by atoms with Crippen molar-refractivity contribution in [2.24, 2.45) is 0 Å². The first kappa shape index (κ1) is 12.7. The van der Waals surface area contributed by atoms with Crippen LogP contribution in [0.4, 0.5) is 11.6 Å². The van der Waals surface area contributed by atoms with Gasteiger partial charge in [-0.3, -0.25) is 4.98 Å². The first-order valence-corrected chi connectivity index (χ1v) is 5.21. The van der Waals surface area contributed by atoms with E-state index in [-0.39, 0.29) is 0 Å². The molecule has 16 heavy (non-hydrogen) atoms. The highest BCUT2D eigenvalue weighted by atomic mass is 16.5. The van der Waals surface area contributed by atoms with E-state index in [4.69, 9.17) is 10.5 Å². The number of rotatable bonds is 7. The SMILES string of the molecule is COCCN(C)CCNc1cncc(N)n1. The predicted octanol–water partition coefficient (Wildman–Crippen LogP) is 0.0489. The monoisotopic (exact) mass is 225 g/mol. The fourth-order valence-corrected chi connectivity index (χ4v) is 1.20. The van der Waals surface area contributed by atoms with Crippen molar-refractivity contribution in [2.45, 2.75) is 0 Å². The van der Waals surface area contributed by atoms with Crippen molar-refractivity contribution in [2.75, 3.05) is 51.4 Å². The van der Waals surface area contributed by atoms with E-state index >= 15 is 0 Å². The molecule has 1 aromatic rings. The van der Waals surface area contributed by atoms with Gasteiger partial charge in [0.1, 0.15) is 11.6 Å². The highest BCUT2D eigenvalue weighted by Crippen LogP contribution is 2.01. The molecule has 3 N–H and O–H groups in total. The van der Waals surface area contributed by atoms with Gasteiger partial charge in [0.25, 0.3) is 0 Å². The topological polar surface area (TPSA) is 76.3 Å². The van der Waals surface area contributed by atoms with Crippen LogP contribution in [0.2, 0.25) is 0 Å². The third kappa shape index (κ3) is 4.90. The van der Waals surface area contributed by atoms with Crippen molar-refractivity contribution in [3.8, 4) is 0 Å². The molecule has 0 aliphatic rings. The Bertz CT molecular complexity index is 307. The van der Waals surface area contributed by atoms with Gasteiger partial charge in [0.2, 0.25) is 0 Å². The minimum atomic E-state index is 0.428. The van der Waals surface area contributed by atoms with Crippen LogP contribution in [0.15, 0.2) is 12.4 Å². The van der Waals surface area contributed by atoms with E-state index in [1.54, 1.807) is 13.3 Å². The van der Waals surface area contributed by atoms with Crippen molar-refractivity contribution in [3.63, 3.8) is 0 Å². The van der Waals surface area contributed by atoms with Crippen molar-refractivity contribution >= 4 is 11.6 Å². The van der Waals surface area contributed by atoms with Crippen molar-refractivity contribution < 1.29 is 4.74 Å². The van der Waals surface area contributed by atoms with Gasteiger partial charge in [-0.1, -0.05) is 0 Å². The van der Waals surface area contributed by atoms with Crippen LogP contribution >= 0.6 is 0 Å². The molecule has 0 atom stereocenters. The molecule has 0 saturated heterocycles. The summed E-state index contributed by atoms with van der Waals surface area (Å²) in [5.41, 5.74) is 5.52. The fraction of sp³-hybridized carbons (Fsp3) is 0.600. The quantitative estimate of drug-likeness (QED) is 0.683. The smallest absolute Gasteiger partial charge is 0.146 e. The van der Waals surface area contributed by atoms with Gasteiger partial charge in [0, 0.05) is 26.7 Å². The lowest BCUT2D eigenvalue weighted by molar-refractivity contribution is 0.163. The van der Waals surface area contributed by atoms with Crippen molar-refractivity contribution in [1.82, 2.24) is 14.9 Å². The number of likely N-dealkylation sites (N-methyl/N-ethyl adjacent to an activating group) is 1. The van der Waals surface area contributed by atoms with Crippen LogP contribution in [0.5, 0.6) is 0 Å². The maximum atomic E-state index is 5.52. The van der Waals surface area contributed by atoms with Crippen LogP contribution in [-0.2, 0) is 4.74 Å². The standard InChI is InChI=1S/C10H19N5O/c1-15(5-6-16-2)4-3-13-10-8-12-7-9(11)14-10/h7-8H,3-6H2,1-2H3,(H3,11,13,14).